The fraction of sp³-hybridized carbons (Fsp3) is 0.467. The van der Waals surface area contributed by atoms with Crippen molar-refractivity contribution in [1.29, 1.82) is 0 Å². The van der Waals surface area contributed by atoms with Gasteiger partial charge in [0.2, 0.25) is 0 Å². The molecule has 0 spiro atoms. The zero-order valence-corrected chi connectivity index (χ0v) is 11.6. The zero-order valence-electron chi connectivity index (χ0n) is 11.6. The molecule has 0 radical (unpaired) electrons. The maximum atomic E-state index is 12.2. The summed E-state index contributed by atoms with van der Waals surface area (Å²) in [5.74, 6) is 0.545. The lowest BCUT2D eigenvalue weighted by molar-refractivity contribution is 0.101. The Balaban J connectivity index is 2.07. The van der Waals surface area contributed by atoms with Crippen LogP contribution in [-0.4, -0.2) is 29.3 Å². The van der Waals surface area contributed by atoms with Gasteiger partial charge in [0.25, 0.3) is 0 Å². The van der Waals surface area contributed by atoms with Gasteiger partial charge in [0, 0.05) is 23.8 Å². The lowest BCUT2D eigenvalue weighted by Crippen LogP contribution is -2.37. The molecule has 1 N–H and O–H groups in total. The van der Waals surface area contributed by atoms with Crippen molar-refractivity contribution in [1.82, 2.24) is 4.90 Å². The molecule has 1 fully saturated rings. The largest absolute Gasteiger partial charge is 0.322 e. The van der Waals surface area contributed by atoms with E-state index < -0.39 is 0 Å². The summed E-state index contributed by atoms with van der Waals surface area (Å²) in [6.45, 7) is 6.53. The molecule has 1 heterocycles. The number of Topliss-reactive ketones (excluding diaryl/α,β-unsaturated/α-hetero) is 1. The van der Waals surface area contributed by atoms with Gasteiger partial charge in [0.05, 0.1) is 0 Å². The van der Waals surface area contributed by atoms with E-state index in [-0.39, 0.29) is 17.9 Å². The van der Waals surface area contributed by atoms with E-state index in [9.17, 15) is 9.59 Å². The Morgan fingerprint density at radius 3 is 2.63 bits per heavy atom. The van der Waals surface area contributed by atoms with Crippen molar-refractivity contribution < 1.29 is 9.59 Å². The lowest BCUT2D eigenvalue weighted by Gasteiger charge is -2.22. The van der Waals surface area contributed by atoms with Crippen LogP contribution < -0.4 is 5.32 Å². The summed E-state index contributed by atoms with van der Waals surface area (Å²) in [5.41, 5.74) is 1.28. The minimum absolute atomic E-state index is 0.000684. The molecule has 2 amide bonds. The van der Waals surface area contributed by atoms with Crippen LogP contribution in [0.2, 0.25) is 0 Å². The third-order valence-electron chi connectivity index (χ3n) is 3.57. The molecule has 19 heavy (non-hydrogen) atoms. The number of likely N-dealkylation sites (tertiary alicyclic amines) is 1. The van der Waals surface area contributed by atoms with Crippen LogP contribution in [0.3, 0.4) is 0 Å². The Kier molecular flexibility index (Phi) is 3.88. The highest BCUT2D eigenvalue weighted by molar-refractivity contribution is 5.96. The lowest BCUT2D eigenvalue weighted by atomic mass is 10.1. The Labute approximate surface area is 113 Å². The van der Waals surface area contributed by atoms with Gasteiger partial charge < -0.3 is 10.2 Å². The Hall–Kier alpha value is -1.84. The molecule has 0 saturated carbocycles. The molecule has 2 unspecified atom stereocenters. The Bertz CT molecular complexity index is 499. The molecule has 1 aromatic rings. The summed E-state index contributed by atoms with van der Waals surface area (Å²) in [4.78, 5) is 25.3. The van der Waals surface area contributed by atoms with Crippen molar-refractivity contribution in [3.05, 3.63) is 29.8 Å². The molecule has 0 aliphatic carbocycles. The van der Waals surface area contributed by atoms with Crippen molar-refractivity contribution in [2.45, 2.75) is 33.2 Å². The van der Waals surface area contributed by atoms with Crippen molar-refractivity contribution >= 4 is 17.5 Å². The van der Waals surface area contributed by atoms with Gasteiger partial charge in [0.15, 0.2) is 5.78 Å². The highest BCUT2D eigenvalue weighted by Gasteiger charge is 2.29. The highest BCUT2D eigenvalue weighted by atomic mass is 16.2. The number of hydrogen-bond donors (Lipinski definition) is 1. The standard InChI is InChI=1S/C15H20N2O2/c1-10-7-11(2)17(9-10)15(19)16-14-6-4-5-13(8-14)12(3)18/h4-6,8,10-11H,7,9H2,1-3H3,(H,16,19). The van der Waals surface area contributed by atoms with Gasteiger partial charge in [-0.3, -0.25) is 4.79 Å². The van der Waals surface area contributed by atoms with E-state index in [1.54, 1.807) is 24.3 Å². The van der Waals surface area contributed by atoms with Crippen LogP contribution in [0.1, 0.15) is 37.6 Å². The molecule has 2 rings (SSSR count). The van der Waals surface area contributed by atoms with E-state index in [0.29, 0.717) is 17.2 Å². The van der Waals surface area contributed by atoms with Crippen LogP contribution in [0.15, 0.2) is 24.3 Å². The van der Waals surface area contributed by atoms with E-state index in [1.165, 1.54) is 6.92 Å². The second-order valence-corrected chi connectivity index (χ2v) is 5.41. The summed E-state index contributed by atoms with van der Waals surface area (Å²) in [5, 5.41) is 2.86. The number of benzene rings is 1. The topological polar surface area (TPSA) is 49.4 Å². The first kappa shape index (κ1) is 13.6. The first-order chi connectivity index (χ1) is 8.97. The first-order valence-electron chi connectivity index (χ1n) is 6.66. The third kappa shape index (κ3) is 3.13. The summed E-state index contributed by atoms with van der Waals surface area (Å²) in [6, 6.07) is 7.23. The maximum absolute atomic E-state index is 12.2. The molecular formula is C15H20N2O2. The molecule has 4 nitrogen and oxygen atoms in total. The molecule has 102 valence electrons. The van der Waals surface area contributed by atoms with E-state index in [2.05, 4.69) is 19.2 Å². The van der Waals surface area contributed by atoms with Crippen molar-refractivity contribution in [2.24, 2.45) is 5.92 Å². The summed E-state index contributed by atoms with van der Waals surface area (Å²) < 4.78 is 0. The number of carbonyl (C=O) groups is 2. The van der Waals surface area contributed by atoms with Crippen molar-refractivity contribution in [3.8, 4) is 0 Å². The normalized spacial score (nSPS) is 22.4. The van der Waals surface area contributed by atoms with Gasteiger partial charge in [-0.25, -0.2) is 4.79 Å². The van der Waals surface area contributed by atoms with Crippen LogP contribution in [0.25, 0.3) is 0 Å². The summed E-state index contributed by atoms with van der Waals surface area (Å²) in [7, 11) is 0. The summed E-state index contributed by atoms with van der Waals surface area (Å²) in [6.07, 6.45) is 1.04. The van der Waals surface area contributed by atoms with E-state index >= 15 is 0 Å². The van der Waals surface area contributed by atoms with Crippen LogP contribution in [0.4, 0.5) is 10.5 Å². The van der Waals surface area contributed by atoms with E-state index in [1.807, 2.05) is 4.90 Å². The zero-order chi connectivity index (χ0) is 14.0. The van der Waals surface area contributed by atoms with Gasteiger partial charge in [-0.15, -0.1) is 0 Å². The number of hydrogen-bond acceptors (Lipinski definition) is 2. The predicted molar refractivity (Wildman–Crippen MR) is 75.4 cm³/mol. The van der Waals surface area contributed by atoms with Gasteiger partial charge >= 0.3 is 6.03 Å². The molecule has 2 atom stereocenters. The number of nitrogens with zero attached hydrogens (tertiary/aromatic N) is 1. The number of anilines is 1. The van der Waals surface area contributed by atoms with Crippen LogP contribution in [0.5, 0.6) is 0 Å². The number of nitrogens with one attached hydrogen (secondary N) is 1. The van der Waals surface area contributed by atoms with Gasteiger partial charge in [-0.2, -0.15) is 0 Å². The molecule has 4 heteroatoms. The number of urea groups is 1. The van der Waals surface area contributed by atoms with Crippen LogP contribution in [0, 0.1) is 5.92 Å². The second-order valence-electron chi connectivity index (χ2n) is 5.41. The Morgan fingerprint density at radius 1 is 1.32 bits per heavy atom. The van der Waals surface area contributed by atoms with Crippen molar-refractivity contribution in [2.75, 3.05) is 11.9 Å². The average molecular weight is 260 g/mol. The predicted octanol–water partition coefficient (Wildman–Crippen LogP) is 3.15. The van der Waals surface area contributed by atoms with Crippen molar-refractivity contribution in [3.63, 3.8) is 0 Å². The molecule has 1 aliphatic heterocycles. The number of carbonyl (C=O) groups excluding carboxylic acids is 2. The fourth-order valence-electron chi connectivity index (χ4n) is 2.59. The SMILES string of the molecule is CC(=O)c1cccc(NC(=O)N2CC(C)CC2C)c1. The van der Waals surface area contributed by atoms with Gasteiger partial charge in [-0.05, 0) is 38.3 Å². The molecule has 1 aromatic carbocycles. The van der Waals surface area contributed by atoms with E-state index in [0.717, 1.165) is 13.0 Å². The fourth-order valence-corrected chi connectivity index (χ4v) is 2.59. The van der Waals surface area contributed by atoms with Crippen LogP contribution in [-0.2, 0) is 0 Å². The maximum Gasteiger partial charge on any atom is 0.322 e. The van der Waals surface area contributed by atoms with Gasteiger partial charge in [-0.1, -0.05) is 19.1 Å². The third-order valence-corrected chi connectivity index (χ3v) is 3.57. The second kappa shape index (κ2) is 5.43. The molecular weight excluding hydrogens is 240 g/mol. The number of rotatable bonds is 2. The monoisotopic (exact) mass is 260 g/mol. The highest BCUT2D eigenvalue weighted by Crippen LogP contribution is 2.23. The quantitative estimate of drug-likeness (QED) is 0.830. The Morgan fingerprint density at radius 2 is 2.05 bits per heavy atom. The molecule has 0 aromatic heterocycles. The van der Waals surface area contributed by atoms with Crippen LogP contribution >= 0.6 is 0 Å². The smallest absolute Gasteiger partial charge is 0.322 e. The number of amides is 2. The number of ketones is 1. The average Bonchev–Trinajstić information content (AvgIpc) is 2.69. The molecule has 0 bridgehead atoms. The van der Waals surface area contributed by atoms with E-state index in [4.69, 9.17) is 0 Å². The summed E-state index contributed by atoms with van der Waals surface area (Å²) >= 11 is 0. The minimum Gasteiger partial charge on any atom is -0.322 e. The molecule has 1 aliphatic rings. The molecule has 1 saturated heterocycles. The van der Waals surface area contributed by atoms with Gasteiger partial charge in [0.1, 0.15) is 0 Å². The first-order valence-corrected chi connectivity index (χ1v) is 6.66. The minimum atomic E-state index is -0.0856.